The van der Waals surface area contributed by atoms with Gasteiger partial charge in [-0.15, -0.1) is 11.3 Å². The van der Waals surface area contributed by atoms with E-state index in [0.717, 1.165) is 11.3 Å². The van der Waals surface area contributed by atoms with Crippen molar-refractivity contribution in [3.63, 3.8) is 0 Å². The van der Waals surface area contributed by atoms with Crippen LogP contribution in [0, 0.1) is 0 Å². The lowest BCUT2D eigenvalue weighted by atomic mass is 10.2. The lowest BCUT2D eigenvalue weighted by molar-refractivity contribution is 0.337. The summed E-state index contributed by atoms with van der Waals surface area (Å²) >= 11 is 1.17. The second-order valence-electron chi connectivity index (χ2n) is 5.16. The highest BCUT2D eigenvalue weighted by Gasteiger charge is 2.24. The predicted octanol–water partition coefficient (Wildman–Crippen LogP) is 3.02. The number of aromatic nitrogens is 2. The summed E-state index contributed by atoms with van der Waals surface area (Å²) in [5.74, 6) is 1.39. The molecule has 0 bridgehead atoms. The third kappa shape index (κ3) is 3.89. The summed E-state index contributed by atoms with van der Waals surface area (Å²) in [4.78, 5) is 4.27. The molecule has 2 aromatic heterocycles. The maximum atomic E-state index is 12.4. The Kier molecular flexibility index (Phi) is 5.16. The van der Waals surface area contributed by atoms with E-state index in [9.17, 15) is 8.42 Å². The van der Waals surface area contributed by atoms with Crippen LogP contribution in [0.5, 0.6) is 5.75 Å². The van der Waals surface area contributed by atoms with Gasteiger partial charge in [0.05, 0.1) is 13.2 Å². The molecule has 1 aromatic carbocycles. The number of ether oxygens (including phenoxy) is 1. The van der Waals surface area contributed by atoms with E-state index < -0.39 is 10.0 Å². The Morgan fingerprint density at radius 3 is 2.64 bits per heavy atom. The van der Waals surface area contributed by atoms with E-state index in [1.54, 1.807) is 17.5 Å². The van der Waals surface area contributed by atoms with Crippen molar-refractivity contribution < 1.29 is 17.7 Å². The monoisotopic (exact) mass is 379 g/mol. The van der Waals surface area contributed by atoms with Crippen LogP contribution in [0.1, 0.15) is 12.8 Å². The minimum absolute atomic E-state index is 0.00423. The minimum Gasteiger partial charge on any atom is -0.494 e. The molecule has 0 unspecified atom stereocenters. The number of benzene rings is 1. The van der Waals surface area contributed by atoms with E-state index >= 15 is 0 Å². The van der Waals surface area contributed by atoms with Crippen LogP contribution < -0.4 is 4.74 Å². The number of nitrogens with zero attached hydrogens (tertiary/aromatic N) is 3. The van der Waals surface area contributed by atoms with Crippen molar-refractivity contribution in [1.29, 1.82) is 0 Å². The Bertz CT molecular complexity index is 919. The normalized spacial score (nSPS) is 11.8. The van der Waals surface area contributed by atoms with Crippen LogP contribution in [0.15, 0.2) is 50.5 Å². The Morgan fingerprint density at radius 1 is 1.24 bits per heavy atom. The van der Waals surface area contributed by atoms with Gasteiger partial charge in [0.15, 0.2) is 0 Å². The first-order valence-electron chi connectivity index (χ1n) is 7.56. The predicted molar refractivity (Wildman–Crippen MR) is 93.9 cm³/mol. The van der Waals surface area contributed by atoms with Crippen LogP contribution in [0.25, 0.3) is 11.4 Å². The molecule has 0 saturated heterocycles. The molecule has 0 aliphatic carbocycles. The topological polar surface area (TPSA) is 85.5 Å². The van der Waals surface area contributed by atoms with Crippen molar-refractivity contribution in [2.45, 2.75) is 17.7 Å². The zero-order valence-electron chi connectivity index (χ0n) is 13.7. The highest BCUT2D eigenvalue weighted by Crippen LogP contribution is 2.23. The van der Waals surface area contributed by atoms with E-state index in [2.05, 4.69) is 10.1 Å². The van der Waals surface area contributed by atoms with Gasteiger partial charge in [0.2, 0.25) is 11.7 Å². The van der Waals surface area contributed by atoms with Crippen LogP contribution in [-0.2, 0) is 16.6 Å². The number of sulfonamides is 1. The van der Waals surface area contributed by atoms with E-state index in [-0.39, 0.29) is 16.6 Å². The lowest BCUT2D eigenvalue weighted by Crippen LogP contribution is -2.25. The third-order valence-corrected chi connectivity index (χ3v) is 6.59. The van der Waals surface area contributed by atoms with Crippen LogP contribution >= 0.6 is 11.3 Å². The molecule has 3 rings (SSSR count). The fraction of sp³-hybridized carbons (Fsp3) is 0.250. The van der Waals surface area contributed by atoms with Gasteiger partial charge in [-0.1, -0.05) is 11.2 Å². The van der Waals surface area contributed by atoms with Crippen molar-refractivity contribution in [2.24, 2.45) is 0 Å². The fourth-order valence-electron chi connectivity index (χ4n) is 2.14. The van der Waals surface area contributed by atoms with Crippen LogP contribution in [-0.4, -0.2) is 36.5 Å². The van der Waals surface area contributed by atoms with Crippen LogP contribution in [0.3, 0.4) is 0 Å². The first-order chi connectivity index (χ1) is 12.0. The molecule has 0 spiro atoms. The quantitative estimate of drug-likeness (QED) is 0.627. The molecule has 25 heavy (non-hydrogen) atoms. The maximum absolute atomic E-state index is 12.4. The van der Waals surface area contributed by atoms with Gasteiger partial charge in [-0.05, 0) is 42.6 Å². The van der Waals surface area contributed by atoms with Crippen molar-refractivity contribution in [2.75, 3.05) is 13.7 Å². The molecule has 0 saturated carbocycles. The Balaban J connectivity index is 1.73. The largest absolute Gasteiger partial charge is 0.494 e. The summed E-state index contributed by atoms with van der Waals surface area (Å²) in [7, 11) is -2.07. The second-order valence-corrected chi connectivity index (χ2v) is 8.38. The molecular formula is C16H17N3O4S2. The van der Waals surface area contributed by atoms with Gasteiger partial charge in [0, 0.05) is 12.6 Å². The van der Waals surface area contributed by atoms with Crippen LogP contribution in [0.4, 0.5) is 0 Å². The molecule has 0 amide bonds. The lowest BCUT2D eigenvalue weighted by Gasteiger charge is -2.13. The Hall–Kier alpha value is -2.23. The second kappa shape index (κ2) is 7.34. The van der Waals surface area contributed by atoms with Gasteiger partial charge in [-0.3, -0.25) is 0 Å². The van der Waals surface area contributed by atoms with Crippen molar-refractivity contribution >= 4 is 21.4 Å². The first-order valence-corrected chi connectivity index (χ1v) is 9.88. The highest BCUT2D eigenvalue weighted by molar-refractivity contribution is 7.91. The van der Waals surface area contributed by atoms with E-state index in [1.807, 2.05) is 31.2 Å². The molecule has 2 heterocycles. The summed E-state index contributed by atoms with van der Waals surface area (Å²) in [6, 6.07) is 10.6. The molecular weight excluding hydrogens is 362 g/mol. The van der Waals surface area contributed by atoms with Gasteiger partial charge in [0.1, 0.15) is 9.96 Å². The zero-order valence-corrected chi connectivity index (χ0v) is 15.4. The fourth-order valence-corrected chi connectivity index (χ4v) is 4.46. The summed E-state index contributed by atoms with van der Waals surface area (Å²) in [6.45, 7) is 2.52. The molecule has 0 aliphatic rings. The summed E-state index contributed by atoms with van der Waals surface area (Å²) in [5, 5.41) is 5.63. The van der Waals surface area contributed by atoms with E-state index in [4.69, 9.17) is 9.26 Å². The maximum Gasteiger partial charge on any atom is 0.252 e. The van der Waals surface area contributed by atoms with E-state index in [1.165, 1.54) is 22.7 Å². The van der Waals surface area contributed by atoms with Gasteiger partial charge in [0.25, 0.3) is 10.0 Å². The summed E-state index contributed by atoms with van der Waals surface area (Å²) in [6.07, 6.45) is 0. The first kappa shape index (κ1) is 17.6. The molecule has 0 radical (unpaired) electrons. The minimum atomic E-state index is -3.55. The number of hydrogen-bond acceptors (Lipinski definition) is 7. The van der Waals surface area contributed by atoms with Gasteiger partial charge in [-0.2, -0.15) is 9.29 Å². The number of thiophene rings is 1. The van der Waals surface area contributed by atoms with Crippen molar-refractivity contribution in [1.82, 2.24) is 14.4 Å². The standard InChI is InChI=1S/C16H17N3O4S2/c1-3-22-13-8-6-12(7-9-13)16-17-14(23-18-16)11-19(2)25(20,21)15-5-4-10-24-15/h4-10H,3,11H2,1-2H3. The molecule has 0 aliphatic heterocycles. The van der Waals surface area contributed by atoms with E-state index in [0.29, 0.717) is 12.4 Å². The molecule has 132 valence electrons. The highest BCUT2D eigenvalue weighted by atomic mass is 32.2. The van der Waals surface area contributed by atoms with Gasteiger partial charge < -0.3 is 9.26 Å². The molecule has 0 atom stereocenters. The third-order valence-electron chi connectivity index (χ3n) is 3.41. The summed E-state index contributed by atoms with van der Waals surface area (Å²) in [5.41, 5.74) is 0.766. The smallest absolute Gasteiger partial charge is 0.252 e. The van der Waals surface area contributed by atoms with Gasteiger partial charge in [-0.25, -0.2) is 8.42 Å². The average Bonchev–Trinajstić information content (AvgIpc) is 3.28. The number of hydrogen-bond donors (Lipinski definition) is 0. The average molecular weight is 379 g/mol. The Morgan fingerprint density at radius 2 is 2.00 bits per heavy atom. The Labute approximate surface area is 149 Å². The van der Waals surface area contributed by atoms with Crippen LogP contribution in [0.2, 0.25) is 0 Å². The SMILES string of the molecule is CCOc1ccc(-c2noc(CN(C)S(=O)(=O)c3cccs3)n2)cc1. The molecule has 0 N–H and O–H groups in total. The molecule has 3 aromatic rings. The molecule has 9 heteroatoms. The molecule has 0 fully saturated rings. The molecule has 7 nitrogen and oxygen atoms in total. The number of rotatable bonds is 7. The zero-order chi connectivity index (χ0) is 17.9. The van der Waals surface area contributed by atoms with Gasteiger partial charge >= 0.3 is 0 Å². The van der Waals surface area contributed by atoms with Crippen molar-refractivity contribution in [3.05, 3.63) is 47.7 Å². The summed E-state index contributed by atoms with van der Waals surface area (Å²) < 4.78 is 36.9. The van der Waals surface area contributed by atoms with Crippen molar-refractivity contribution in [3.8, 4) is 17.1 Å².